The summed E-state index contributed by atoms with van der Waals surface area (Å²) in [6.07, 6.45) is 0.223. The zero-order valence-electron chi connectivity index (χ0n) is 10.4. The minimum Gasteiger partial charge on any atom is -0.466 e. The van der Waals surface area contributed by atoms with E-state index in [9.17, 15) is 9.18 Å². The number of halogens is 1. The molecule has 0 saturated carbocycles. The quantitative estimate of drug-likeness (QED) is 0.803. The monoisotopic (exact) mass is 239 g/mol. The van der Waals surface area contributed by atoms with E-state index in [1.54, 1.807) is 13.0 Å². The first-order valence-electron chi connectivity index (χ1n) is 5.71. The smallest absolute Gasteiger partial charge is 0.307 e. The van der Waals surface area contributed by atoms with Crippen molar-refractivity contribution in [3.63, 3.8) is 0 Å². The van der Waals surface area contributed by atoms with Crippen LogP contribution in [0.1, 0.15) is 25.8 Å². The van der Waals surface area contributed by atoms with Crippen LogP contribution in [0.2, 0.25) is 0 Å². The number of hydrogen-bond donors (Lipinski definition) is 1. The number of benzene rings is 1. The van der Waals surface area contributed by atoms with Gasteiger partial charge in [-0.05, 0) is 38.5 Å². The maximum absolute atomic E-state index is 13.5. The van der Waals surface area contributed by atoms with E-state index >= 15 is 0 Å². The van der Waals surface area contributed by atoms with Crippen molar-refractivity contribution in [2.75, 3.05) is 11.9 Å². The van der Waals surface area contributed by atoms with Crippen molar-refractivity contribution < 1.29 is 13.9 Å². The summed E-state index contributed by atoms with van der Waals surface area (Å²) in [5, 5.41) is 2.95. The van der Waals surface area contributed by atoms with E-state index in [1.165, 1.54) is 6.07 Å². The minimum atomic E-state index is -0.305. The van der Waals surface area contributed by atoms with Crippen LogP contribution in [0.5, 0.6) is 0 Å². The molecule has 0 spiro atoms. The third-order valence-corrected chi connectivity index (χ3v) is 2.30. The van der Waals surface area contributed by atoms with Crippen molar-refractivity contribution >= 4 is 11.7 Å². The first kappa shape index (κ1) is 13.5. The van der Waals surface area contributed by atoms with Gasteiger partial charge in [0.1, 0.15) is 5.82 Å². The normalized spacial score (nSPS) is 12.0. The van der Waals surface area contributed by atoms with Crippen LogP contribution in [0.4, 0.5) is 10.1 Å². The van der Waals surface area contributed by atoms with Gasteiger partial charge in [0.25, 0.3) is 0 Å². The van der Waals surface area contributed by atoms with Gasteiger partial charge in [-0.25, -0.2) is 4.39 Å². The molecule has 0 aliphatic rings. The molecule has 1 aromatic rings. The molecule has 0 radical (unpaired) electrons. The second kappa shape index (κ2) is 6.23. The van der Waals surface area contributed by atoms with Crippen molar-refractivity contribution in [2.45, 2.75) is 33.2 Å². The average molecular weight is 239 g/mol. The van der Waals surface area contributed by atoms with Crippen molar-refractivity contribution in [1.29, 1.82) is 0 Å². The van der Waals surface area contributed by atoms with E-state index in [2.05, 4.69) is 5.32 Å². The van der Waals surface area contributed by atoms with E-state index in [1.807, 2.05) is 19.9 Å². The van der Waals surface area contributed by atoms with E-state index < -0.39 is 0 Å². The molecule has 0 bridgehead atoms. The summed E-state index contributed by atoms with van der Waals surface area (Å²) in [6.45, 7) is 5.77. The molecule has 0 aliphatic carbocycles. The predicted molar refractivity (Wildman–Crippen MR) is 65.5 cm³/mol. The van der Waals surface area contributed by atoms with Crippen LogP contribution in [-0.2, 0) is 9.53 Å². The van der Waals surface area contributed by atoms with Crippen LogP contribution in [-0.4, -0.2) is 18.6 Å². The van der Waals surface area contributed by atoms with Crippen LogP contribution < -0.4 is 5.32 Å². The Hall–Kier alpha value is -1.58. The van der Waals surface area contributed by atoms with Gasteiger partial charge in [0.05, 0.1) is 18.7 Å². The lowest BCUT2D eigenvalue weighted by molar-refractivity contribution is -0.143. The van der Waals surface area contributed by atoms with Crippen molar-refractivity contribution in [1.82, 2.24) is 0 Å². The Balaban J connectivity index is 2.55. The molecule has 0 fully saturated rings. The molecule has 94 valence electrons. The molecule has 3 nitrogen and oxygen atoms in total. The van der Waals surface area contributed by atoms with Gasteiger partial charge in [-0.3, -0.25) is 4.79 Å². The summed E-state index contributed by atoms with van der Waals surface area (Å²) < 4.78 is 18.3. The molecule has 4 heteroatoms. The summed E-state index contributed by atoms with van der Waals surface area (Å²) in [5.41, 5.74) is 1.28. The Morgan fingerprint density at radius 1 is 1.53 bits per heavy atom. The first-order chi connectivity index (χ1) is 8.02. The largest absolute Gasteiger partial charge is 0.466 e. The molecule has 0 saturated heterocycles. The number of nitrogens with one attached hydrogen (secondary N) is 1. The Labute approximate surface area is 101 Å². The fourth-order valence-corrected chi connectivity index (χ4v) is 1.52. The zero-order valence-corrected chi connectivity index (χ0v) is 10.4. The van der Waals surface area contributed by atoms with Gasteiger partial charge >= 0.3 is 5.97 Å². The Bertz CT molecular complexity index is 393. The van der Waals surface area contributed by atoms with Crippen LogP contribution in [0.15, 0.2) is 18.2 Å². The zero-order chi connectivity index (χ0) is 12.8. The van der Waals surface area contributed by atoms with Gasteiger partial charge in [0.15, 0.2) is 0 Å². The molecule has 1 N–H and O–H groups in total. The highest BCUT2D eigenvalue weighted by molar-refractivity contribution is 5.70. The van der Waals surface area contributed by atoms with Crippen LogP contribution >= 0.6 is 0 Å². The third-order valence-electron chi connectivity index (χ3n) is 2.30. The maximum atomic E-state index is 13.5. The molecular formula is C13H18FNO2. The highest BCUT2D eigenvalue weighted by atomic mass is 19.1. The van der Waals surface area contributed by atoms with Gasteiger partial charge in [-0.2, -0.15) is 0 Å². The number of carbonyl (C=O) groups excluding carboxylic acids is 1. The highest BCUT2D eigenvalue weighted by Gasteiger charge is 2.11. The topological polar surface area (TPSA) is 38.3 Å². The molecule has 1 unspecified atom stereocenters. The van der Waals surface area contributed by atoms with Gasteiger partial charge in [-0.15, -0.1) is 0 Å². The second-order valence-electron chi connectivity index (χ2n) is 4.04. The van der Waals surface area contributed by atoms with E-state index in [-0.39, 0.29) is 24.2 Å². The van der Waals surface area contributed by atoms with E-state index in [4.69, 9.17) is 4.74 Å². The van der Waals surface area contributed by atoms with Crippen molar-refractivity contribution in [3.05, 3.63) is 29.6 Å². The van der Waals surface area contributed by atoms with Gasteiger partial charge < -0.3 is 10.1 Å². The van der Waals surface area contributed by atoms with Gasteiger partial charge in [0.2, 0.25) is 0 Å². The average Bonchev–Trinajstić information content (AvgIpc) is 2.22. The standard InChI is InChI=1S/C13H18FNO2/c1-4-17-13(16)8-10(3)15-12-6-5-9(2)7-11(12)14/h5-7,10,15H,4,8H2,1-3H3. The second-order valence-corrected chi connectivity index (χ2v) is 4.04. The summed E-state index contributed by atoms with van der Waals surface area (Å²) in [5.74, 6) is -0.583. The minimum absolute atomic E-state index is 0.161. The molecule has 1 rings (SSSR count). The van der Waals surface area contributed by atoms with Crippen LogP contribution in [0.25, 0.3) is 0 Å². The molecule has 1 aromatic carbocycles. The number of carbonyl (C=O) groups is 1. The fourth-order valence-electron chi connectivity index (χ4n) is 1.52. The fraction of sp³-hybridized carbons (Fsp3) is 0.462. The summed E-state index contributed by atoms with van der Waals surface area (Å²) in [4.78, 5) is 11.2. The predicted octanol–water partition coefficient (Wildman–Crippen LogP) is 2.89. The maximum Gasteiger partial charge on any atom is 0.307 e. The van der Waals surface area contributed by atoms with Crippen LogP contribution in [0, 0.1) is 12.7 Å². The number of esters is 1. The molecule has 1 atom stereocenters. The lowest BCUT2D eigenvalue weighted by Crippen LogP contribution is -2.21. The van der Waals surface area contributed by atoms with E-state index in [0.29, 0.717) is 12.3 Å². The summed E-state index contributed by atoms with van der Waals surface area (Å²) >= 11 is 0. The lowest BCUT2D eigenvalue weighted by atomic mass is 10.2. The van der Waals surface area contributed by atoms with Gasteiger partial charge in [0, 0.05) is 6.04 Å². The highest BCUT2D eigenvalue weighted by Crippen LogP contribution is 2.16. The Morgan fingerprint density at radius 2 is 2.24 bits per heavy atom. The number of hydrogen-bond acceptors (Lipinski definition) is 3. The number of ether oxygens (including phenoxy) is 1. The van der Waals surface area contributed by atoms with Crippen molar-refractivity contribution in [2.24, 2.45) is 0 Å². The number of anilines is 1. The first-order valence-corrected chi connectivity index (χ1v) is 5.71. The molecular weight excluding hydrogens is 221 g/mol. The van der Waals surface area contributed by atoms with E-state index in [0.717, 1.165) is 5.56 Å². The molecule has 0 amide bonds. The third kappa shape index (κ3) is 4.43. The molecule has 0 heterocycles. The Morgan fingerprint density at radius 3 is 2.82 bits per heavy atom. The number of aryl methyl sites for hydroxylation is 1. The van der Waals surface area contributed by atoms with Crippen LogP contribution in [0.3, 0.4) is 0 Å². The summed E-state index contributed by atoms with van der Waals surface area (Å²) in [7, 11) is 0. The Kier molecular flexibility index (Phi) is 4.94. The van der Waals surface area contributed by atoms with Gasteiger partial charge in [-0.1, -0.05) is 6.07 Å². The number of rotatable bonds is 5. The van der Waals surface area contributed by atoms with Crippen molar-refractivity contribution in [3.8, 4) is 0 Å². The molecule has 17 heavy (non-hydrogen) atoms. The SMILES string of the molecule is CCOC(=O)CC(C)Nc1ccc(C)cc1F. The molecule has 0 aliphatic heterocycles. The molecule has 0 aromatic heterocycles. The lowest BCUT2D eigenvalue weighted by Gasteiger charge is -2.15. The summed E-state index contributed by atoms with van der Waals surface area (Å²) in [6, 6.07) is 4.79.